The van der Waals surface area contributed by atoms with Crippen LogP contribution in [0.2, 0.25) is 0 Å². The number of carbonyl (C=O) groups excluding carboxylic acids is 2. The Morgan fingerprint density at radius 3 is 2.52 bits per heavy atom. The number of nitrogens with zero attached hydrogens (tertiary/aromatic N) is 1. The quantitative estimate of drug-likeness (QED) is 0.351. The zero-order valence-corrected chi connectivity index (χ0v) is 14.7. The summed E-state index contributed by atoms with van der Waals surface area (Å²) >= 11 is 0. The first-order valence-corrected chi connectivity index (χ1v) is 7.94. The van der Waals surface area contributed by atoms with Crippen LogP contribution in [-0.4, -0.2) is 30.7 Å². The van der Waals surface area contributed by atoms with Crippen molar-refractivity contribution < 1.29 is 37.5 Å². The van der Waals surface area contributed by atoms with Crippen molar-refractivity contribution in [2.45, 2.75) is 0 Å². The summed E-state index contributed by atoms with van der Waals surface area (Å²) in [6, 6.07) is 3.68. The molecule has 0 saturated heterocycles. The number of esters is 1. The molecule has 0 bridgehead atoms. The molecule has 1 N–H and O–H groups in total. The summed E-state index contributed by atoms with van der Waals surface area (Å²) in [5, 5.41) is 13.3. The lowest BCUT2D eigenvalue weighted by Crippen LogP contribution is -2.12. The third-order valence-electron chi connectivity index (χ3n) is 3.85. The number of rotatable bonds is 5. The van der Waals surface area contributed by atoms with E-state index in [1.807, 2.05) is 0 Å². The predicted octanol–water partition coefficient (Wildman–Crippen LogP) is 3.04. The first-order chi connectivity index (χ1) is 13.8. The van der Waals surface area contributed by atoms with Crippen molar-refractivity contribution in [3.63, 3.8) is 0 Å². The van der Waals surface area contributed by atoms with Gasteiger partial charge < -0.3 is 19.5 Å². The van der Waals surface area contributed by atoms with E-state index in [9.17, 15) is 28.5 Å². The van der Waals surface area contributed by atoms with E-state index in [-0.39, 0.29) is 29.5 Å². The smallest absolute Gasteiger partial charge is 0.340 e. The van der Waals surface area contributed by atoms with Crippen LogP contribution in [0.5, 0.6) is 11.5 Å². The van der Waals surface area contributed by atoms with E-state index in [4.69, 9.17) is 9.47 Å². The summed E-state index contributed by atoms with van der Waals surface area (Å²) < 4.78 is 42.1. The zero-order valence-electron chi connectivity index (χ0n) is 14.7. The highest BCUT2D eigenvalue weighted by Crippen LogP contribution is 2.38. The molecule has 11 heteroatoms. The second-order valence-electron chi connectivity index (χ2n) is 5.65. The number of fused-ring (bicyclic) bond motifs is 1. The van der Waals surface area contributed by atoms with E-state index >= 15 is 0 Å². The number of amides is 1. The van der Waals surface area contributed by atoms with Crippen LogP contribution in [0.15, 0.2) is 30.3 Å². The number of nitrogens with one attached hydrogen (secondary N) is 1. The molecule has 29 heavy (non-hydrogen) atoms. The Balaban J connectivity index is 1.84. The van der Waals surface area contributed by atoms with E-state index in [0.717, 1.165) is 31.4 Å². The Bertz CT molecular complexity index is 1050. The third-order valence-corrected chi connectivity index (χ3v) is 3.85. The summed E-state index contributed by atoms with van der Waals surface area (Å²) in [6.45, 7) is -0.0908. The summed E-state index contributed by atoms with van der Waals surface area (Å²) in [7, 11) is 1.02. The first-order valence-electron chi connectivity index (χ1n) is 7.94. The molecule has 150 valence electrons. The van der Waals surface area contributed by atoms with Gasteiger partial charge in [-0.1, -0.05) is 0 Å². The van der Waals surface area contributed by atoms with Crippen LogP contribution in [0.4, 0.5) is 20.2 Å². The molecular weight excluding hydrogens is 394 g/mol. The Kier molecular flexibility index (Phi) is 5.39. The lowest BCUT2D eigenvalue weighted by atomic mass is 10.1. The maximum Gasteiger partial charge on any atom is 0.340 e. The van der Waals surface area contributed by atoms with Gasteiger partial charge in [-0.3, -0.25) is 14.9 Å². The molecular formula is C18H12F2N2O7. The molecule has 1 amide bonds. The van der Waals surface area contributed by atoms with Crippen LogP contribution in [-0.2, 0) is 9.53 Å². The summed E-state index contributed by atoms with van der Waals surface area (Å²) in [6.07, 6.45) is 2.03. The molecule has 0 aliphatic carbocycles. The van der Waals surface area contributed by atoms with Gasteiger partial charge in [0.05, 0.1) is 34.9 Å². The Hall–Kier alpha value is -4.02. The third kappa shape index (κ3) is 4.13. The van der Waals surface area contributed by atoms with Crippen molar-refractivity contribution >= 4 is 29.3 Å². The number of nitro benzene ring substituents is 1. The van der Waals surface area contributed by atoms with Crippen LogP contribution >= 0.6 is 0 Å². The molecule has 0 aromatic heterocycles. The summed E-state index contributed by atoms with van der Waals surface area (Å²) in [5.74, 6) is -3.74. The molecule has 0 unspecified atom stereocenters. The molecule has 9 nitrogen and oxygen atoms in total. The lowest BCUT2D eigenvalue weighted by Gasteiger charge is -2.07. The van der Waals surface area contributed by atoms with Gasteiger partial charge in [0, 0.05) is 12.1 Å². The van der Waals surface area contributed by atoms with Crippen molar-refractivity contribution in [1.82, 2.24) is 0 Å². The Morgan fingerprint density at radius 2 is 1.86 bits per heavy atom. The number of benzene rings is 2. The highest BCUT2D eigenvalue weighted by Gasteiger charge is 2.22. The average Bonchev–Trinajstić information content (AvgIpc) is 3.14. The predicted molar refractivity (Wildman–Crippen MR) is 94.6 cm³/mol. The van der Waals surface area contributed by atoms with E-state index in [1.54, 1.807) is 0 Å². The van der Waals surface area contributed by atoms with E-state index in [0.29, 0.717) is 6.07 Å². The normalized spacial score (nSPS) is 12.1. The minimum absolute atomic E-state index is 0.0456. The Morgan fingerprint density at radius 1 is 1.17 bits per heavy atom. The average molecular weight is 406 g/mol. The Labute approximate surface area is 161 Å². The van der Waals surface area contributed by atoms with Gasteiger partial charge in [0.2, 0.25) is 12.7 Å². The number of methoxy groups -OCH3 is 1. The van der Waals surface area contributed by atoms with Gasteiger partial charge in [-0.2, -0.15) is 0 Å². The van der Waals surface area contributed by atoms with Crippen molar-refractivity contribution in [3.05, 3.63) is 63.2 Å². The molecule has 0 atom stereocenters. The molecule has 0 radical (unpaired) electrons. The van der Waals surface area contributed by atoms with E-state index in [1.165, 1.54) is 6.07 Å². The van der Waals surface area contributed by atoms with Gasteiger partial charge in [-0.15, -0.1) is 0 Å². The van der Waals surface area contributed by atoms with Crippen molar-refractivity contribution in [3.8, 4) is 11.5 Å². The van der Waals surface area contributed by atoms with Crippen molar-refractivity contribution in [2.75, 3.05) is 19.2 Å². The zero-order chi connectivity index (χ0) is 21.1. The molecule has 2 aromatic rings. The highest BCUT2D eigenvalue weighted by molar-refractivity contribution is 6.03. The number of carbonyl (C=O) groups is 2. The fourth-order valence-corrected chi connectivity index (χ4v) is 2.49. The second kappa shape index (κ2) is 7.92. The summed E-state index contributed by atoms with van der Waals surface area (Å²) in [4.78, 5) is 34.1. The lowest BCUT2D eigenvalue weighted by molar-refractivity contribution is -0.385. The van der Waals surface area contributed by atoms with Crippen LogP contribution in [0.3, 0.4) is 0 Å². The number of ether oxygens (including phenoxy) is 3. The van der Waals surface area contributed by atoms with Crippen LogP contribution in [0.1, 0.15) is 15.9 Å². The monoisotopic (exact) mass is 406 g/mol. The largest absolute Gasteiger partial charge is 0.465 e. The van der Waals surface area contributed by atoms with Crippen LogP contribution < -0.4 is 14.8 Å². The van der Waals surface area contributed by atoms with Gasteiger partial charge >= 0.3 is 5.97 Å². The molecule has 3 rings (SSSR count). The van der Waals surface area contributed by atoms with Gasteiger partial charge in [0.15, 0.2) is 11.5 Å². The van der Waals surface area contributed by atoms with Crippen molar-refractivity contribution in [2.24, 2.45) is 0 Å². The molecule has 1 aliphatic heterocycles. The van der Waals surface area contributed by atoms with Gasteiger partial charge in [0.25, 0.3) is 5.69 Å². The molecule has 0 fully saturated rings. The molecule has 0 spiro atoms. The molecule has 1 heterocycles. The van der Waals surface area contributed by atoms with Crippen LogP contribution in [0.25, 0.3) is 6.08 Å². The standard InChI is InChI=1S/C18H12F2N2O7/c1-27-18(24)10-5-13(12(20)6-11(10)19)21-17(23)3-2-9-4-15-16(29-8-28-15)7-14(9)22(25)26/h2-7H,8H2,1H3,(H,21,23)/b3-2+. The number of hydrogen-bond donors (Lipinski definition) is 1. The van der Waals surface area contributed by atoms with Crippen LogP contribution in [0, 0.1) is 21.7 Å². The minimum atomic E-state index is -1.15. The highest BCUT2D eigenvalue weighted by atomic mass is 19.1. The number of hydrogen-bond acceptors (Lipinski definition) is 7. The first kappa shape index (κ1) is 19.7. The SMILES string of the molecule is COC(=O)c1cc(NC(=O)/C=C/c2cc3c(cc2[N+](=O)[O-])OCO3)c(F)cc1F. The number of anilines is 1. The fraction of sp³-hybridized carbons (Fsp3) is 0.111. The molecule has 1 aliphatic rings. The maximum atomic E-state index is 13.9. The summed E-state index contributed by atoms with van der Waals surface area (Å²) in [5.41, 5.74) is -1.33. The van der Waals surface area contributed by atoms with E-state index < -0.39 is 39.7 Å². The number of halogens is 2. The topological polar surface area (TPSA) is 117 Å². The minimum Gasteiger partial charge on any atom is -0.465 e. The van der Waals surface area contributed by atoms with Gasteiger partial charge in [0.1, 0.15) is 11.6 Å². The van der Waals surface area contributed by atoms with Gasteiger partial charge in [-0.05, 0) is 18.2 Å². The fourth-order valence-electron chi connectivity index (χ4n) is 2.49. The van der Waals surface area contributed by atoms with E-state index in [2.05, 4.69) is 10.1 Å². The molecule has 0 saturated carbocycles. The maximum absolute atomic E-state index is 13.9. The second-order valence-corrected chi connectivity index (χ2v) is 5.65. The van der Waals surface area contributed by atoms with Crippen molar-refractivity contribution in [1.29, 1.82) is 0 Å². The van der Waals surface area contributed by atoms with Gasteiger partial charge in [-0.25, -0.2) is 13.6 Å². The number of nitro groups is 1. The molecule has 2 aromatic carbocycles.